The lowest BCUT2D eigenvalue weighted by atomic mass is 10.00. The van der Waals surface area contributed by atoms with Crippen molar-refractivity contribution in [1.82, 2.24) is 0 Å². The second-order valence-corrected chi connectivity index (χ2v) is 27.8. The van der Waals surface area contributed by atoms with E-state index in [-0.39, 0.29) is 25.7 Å². The number of hydrogen-bond donors (Lipinski definition) is 3. The molecule has 0 heterocycles. The Hall–Kier alpha value is -1.94. The van der Waals surface area contributed by atoms with Crippen LogP contribution >= 0.6 is 15.6 Å². The average Bonchev–Trinajstić information content (AvgIpc) is 3.63. The molecule has 6 atom stereocenters. The Balaban J connectivity index is 5.21. The summed E-state index contributed by atoms with van der Waals surface area (Å²) in [5.41, 5.74) is 0. The van der Waals surface area contributed by atoms with Crippen LogP contribution in [0.3, 0.4) is 0 Å². The van der Waals surface area contributed by atoms with Gasteiger partial charge in [0.1, 0.15) is 19.3 Å². The molecular weight excluding hydrogens is 1140 g/mol. The number of aliphatic hydroxyl groups excluding tert-OH is 1. The van der Waals surface area contributed by atoms with Gasteiger partial charge in [-0.05, 0) is 37.5 Å². The summed E-state index contributed by atoms with van der Waals surface area (Å²) in [7, 11) is -9.89. The van der Waals surface area contributed by atoms with Crippen molar-refractivity contribution in [2.45, 2.75) is 355 Å². The average molecular weight is 1270 g/mol. The summed E-state index contributed by atoms with van der Waals surface area (Å²) < 4.78 is 68.1. The van der Waals surface area contributed by atoms with Gasteiger partial charge in [-0.1, -0.05) is 286 Å². The van der Waals surface area contributed by atoms with Gasteiger partial charge in [0.2, 0.25) is 0 Å². The Morgan fingerprint density at radius 3 is 0.884 bits per heavy atom. The summed E-state index contributed by atoms with van der Waals surface area (Å²) in [5.74, 6) is -0.605. The quantitative estimate of drug-likeness (QED) is 0.0222. The van der Waals surface area contributed by atoms with Crippen LogP contribution < -0.4 is 0 Å². The fourth-order valence-electron chi connectivity index (χ4n) is 10.0. The van der Waals surface area contributed by atoms with E-state index >= 15 is 0 Å². The standard InChI is InChI=1S/C67H130O17P2/c1-7-10-12-14-16-18-27-31-39-45-51-66(71)83-62(55-77-64(69)49-43-37-30-25-17-15-13-11-8-2)57-81-85(73,74)79-53-61(68)54-80-86(75,76)82-58-63(56-78-65(70)50-44-38-34-33-36-42-48-60(6)9-3)84-67(72)52-46-40-32-28-24-22-20-19-21-23-26-29-35-41-47-59(4)5/h59-63,68H,7-58H2,1-6H3,(H,73,74)(H,75,76)/t60?,61-,62+,63+/m0/s1. The van der Waals surface area contributed by atoms with Gasteiger partial charge in [0.15, 0.2) is 12.2 Å². The van der Waals surface area contributed by atoms with Crippen LogP contribution in [-0.2, 0) is 65.4 Å². The Kier molecular flexibility index (Phi) is 58.0. The fourth-order valence-corrected chi connectivity index (χ4v) is 11.6. The Labute approximate surface area is 524 Å². The highest BCUT2D eigenvalue weighted by molar-refractivity contribution is 7.47. The highest BCUT2D eigenvalue weighted by Gasteiger charge is 2.30. The molecule has 0 aromatic heterocycles. The van der Waals surface area contributed by atoms with Crippen molar-refractivity contribution >= 4 is 39.5 Å². The van der Waals surface area contributed by atoms with E-state index < -0.39 is 97.5 Å². The van der Waals surface area contributed by atoms with Crippen molar-refractivity contribution in [3.8, 4) is 0 Å². The first kappa shape index (κ1) is 84.1. The van der Waals surface area contributed by atoms with Crippen molar-refractivity contribution < 1.29 is 80.2 Å². The third-order valence-corrected chi connectivity index (χ3v) is 17.7. The maximum absolute atomic E-state index is 13.0. The van der Waals surface area contributed by atoms with Crippen LogP contribution in [-0.4, -0.2) is 96.7 Å². The smallest absolute Gasteiger partial charge is 0.462 e. The highest BCUT2D eigenvalue weighted by atomic mass is 31.2. The number of rotatable bonds is 66. The molecule has 0 spiro atoms. The largest absolute Gasteiger partial charge is 0.472 e. The van der Waals surface area contributed by atoms with Gasteiger partial charge in [-0.15, -0.1) is 0 Å². The first-order valence-electron chi connectivity index (χ1n) is 35.0. The molecule has 3 unspecified atom stereocenters. The summed E-state index contributed by atoms with van der Waals surface area (Å²) in [6.07, 6.45) is 43.0. The predicted molar refractivity (Wildman–Crippen MR) is 345 cm³/mol. The summed E-state index contributed by atoms with van der Waals surface area (Å²) in [4.78, 5) is 72.3. The molecule has 0 saturated carbocycles. The van der Waals surface area contributed by atoms with Gasteiger partial charge in [0.05, 0.1) is 26.4 Å². The molecule has 19 heteroatoms. The normalized spacial score (nSPS) is 14.5. The van der Waals surface area contributed by atoms with Crippen molar-refractivity contribution in [2.75, 3.05) is 39.6 Å². The maximum Gasteiger partial charge on any atom is 0.472 e. The molecule has 0 aromatic rings. The lowest BCUT2D eigenvalue weighted by Gasteiger charge is -2.21. The predicted octanol–water partition coefficient (Wildman–Crippen LogP) is 18.8. The van der Waals surface area contributed by atoms with Crippen LogP contribution in [0.25, 0.3) is 0 Å². The Bertz CT molecular complexity index is 1690. The second-order valence-electron chi connectivity index (χ2n) is 24.9. The minimum Gasteiger partial charge on any atom is -0.462 e. The molecule has 17 nitrogen and oxygen atoms in total. The van der Waals surface area contributed by atoms with Crippen LogP contribution in [0.15, 0.2) is 0 Å². The SMILES string of the molecule is CCCCCCCCCCCCC(=O)O[C@H](COC(=O)CCCCCCCCCCC)COP(=O)(O)OC[C@H](O)COP(=O)(O)OC[C@@H](COC(=O)CCCCCCCCC(C)CC)OC(=O)CCCCCCCCCCCCCCCCC(C)C. The topological polar surface area (TPSA) is 237 Å². The fraction of sp³-hybridized carbons (Fsp3) is 0.940. The summed E-state index contributed by atoms with van der Waals surface area (Å²) in [6, 6.07) is 0. The molecule has 0 aliphatic rings. The minimum atomic E-state index is -4.95. The first-order valence-corrected chi connectivity index (χ1v) is 38.0. The second kappa shape index (κ2) is 59.4. The monoisotopic (exact) mass is 1270 g/mol. The number of aliphatic hydroxyl groups is 1. The molecular formula is C67H130O17P2. The summed E-state index contributed by atoms with van der Waals surface area (Å²) >= 11 is 0. The van der Waals surface area contributed by atoms with E-state index in [0.717, 1.165) is 108 Å². The van der Waals surface area contributed by atoms with Gasteiger partial charge in [-0.2, -0.15) is 0 Å². The lowest BCUT2D eigenvalue weighted by molar-refractivity contribution is -0.161. The van der Waals surface area contributed by atoms with Crippen LogP contribution in [0.4, 0.5) is 0 Å². The molecule has 0 rings (SSSR count). The molecule has 0 amide bonds. The van der Waals surface area contributed by atoms with E-state index in [1.165, 1.54) is 148 Å². The number of unbranched alkanes of at least 4 members (excludes halogenated alkanes) is 35. The van der Waals surface area contributed by atoms with Crippen molar-refractivity contribution in [2.24, 2.45) is 11.8 Å². The molecule has 0 aliphatic carbocycles. The summed E-state index contributed by atoms with van der Waals surface area (Å²) in [5, 5.41) is 10.6. The molecule has 0 radical (unpaired) electrons. The van der Waals surface area contributed by atoms with Gasteiger partial charge in [0, 0.05) is 25.7 Å². The van der Waals surface area contributed by atoms with Crippen molar-refractivity contribution in [1.29, 1.82) is 0 Å². The van der Waals surface area contributed by atoms with Gasteiger partial charge in [-0.25, -0.2) is 9.13 Å². The van der Waals surface area contributed by atoms with Crippen LogP contribution in [0.2, 0.25) is 0 Å². The zero-order valence-electron chi connectivity index (χ0n) is 55.6. The number of carbonyl (C=O) groups is 4. The molecule has 0 aromatic carbocycles. The van der Waals surface area contributed by atoms with Crippen molar-refractivity contribution in [3.05, 3.63) is 0 Å². The van der Waals surface area contributed by atoms with E-state index in [1.807, 2.05) is 0 Å². The molecule has 0 bridgehead atoms. The number of hydrogen-bond acceptors (Lipinski definition) is 15. The van der Waals surface area contributed by atoms with E-state index in [9.17, 15) is 43.2 Å². The first-order chi connectivity index (χ1) is 41.4. The van der Waals surface area contributed by atoms with Crippen LogP contribution in [0.5, 0.6) is 0 Å². The molecule has 0 fully saturated rings. The lowest BCUT2D eigenvalue weighted by Crippen LogP contribution is -2.30. The third kappa shape index (κ3) is 59.7. The molecule has 0 aliphatic heterocycles. The number of phosphoric ester groups is 2. The van der Waals surface area contributed by atoms with Gasteiger partial charge in [0.25, 0.3) is 0 Å². The molecule has 86 heavy (non-hydrogen) atoms. The van der Waals surface area contributed by atoms with E-state index in [1.54, 1.807) is 0 Å². The summed E-state index contributed by atoms with van der Waals surface area (Å²) in [6.45, 7) is 9.48. The van der Waals surface area contributed by atoms with Crippen LogP contribution in [0.1, 0.15) is 337 Å². The van der Waals surface area contributed by atoms with Crippen LogP contribution in [0, 0.1) is 11.8 Å². The number of carbonyl (C=O) groups excluding carboxylic acids is 4. The van der Waals surface area contributed by atoms with Gasteiger partial charge < -0.3 is 33.8 Å². The zero-order chi connectivity index (χ0) is 63.6. The van der Waals surface area contributed by atoms with Gasteiger partial charge >= 0.3 is 39.5 Å². The van der Waals surface area contributed by atoms with E-state index in [0.29, 0.717) is 25.7 Å². The Morgan fingerprint density at radius 1 is 0.337 bits per heavy atom. The van der Waals surface area contributed by atoms with Gasteiger partial charge in [-0.3, -0.25) is 37.3 Å². The molecule has 0 saturated heterocycles. The number of phosphoric acid groups is 2. The zero-order valence-corrected chi connectivity index (χ0v) is 57.4. The minimum absolute atomic E-state index is 0.106. The maximum atomic E-state index is 13.0. The Morgan fingerprint density at radius 2 is 0.593 bits per heavy atom. The number of ether oxygens (including phenoxy) is 4. The third-order valence-electron chi connectivity index (χ3n) is 15.8. The highest BCUT2D eigenvalue weighted by Crippen LogP contribution is 2.45. The molecule has 3 N–H and O–H groups in total. The van der Waals surface area contributed by atoms with Crippen molar-refractivity contribution in [3.63, 3.8) is 0 Å². The van der Waals surface area contributed by atoms with E-state index in [2.05, 4.69) is 41.5 Å². The number of esters is 4. The van der Waals surface area contributed by atoms with E-state index in [4.69, 9.17) is 37.0 Å². The molecule has 510 valence electrons.